The number of likely N-dealkylation sites (N-methyl/N-ethyl adjacent to an activating group) is 1. The van der Waals surface area contributed by atoms with Crippen LogP contribution in [0.15, 0.2) is 97.2 Å². The van der Waals surface area contributed by atoms with Crippen molar-refractivity contribution in [3.8, 4) is 0 Å². The molecule has 0 saturated heterocycles. The van der Waals surface area contributed by atoms with E-state index in [-0.39, 0.29) is 38.6 Å². The van der Waals surface area contributed by atoms with Crippen LogP contribution in [0.5, 0.6) is 0 Å². The van der Waals surface area contributed by atoms with Gasteiger partial charge in [-0.05, 0) is 77.0 Å². The van der Waals surface area contributed by atoms with Crippen LogP contribution in [0.3, 0.4) is 0 Å². The minimum absolute atomic E-state index is 0.139. The summed E-state index contributed by atoms with van der Waals surface area (Å²) in [7, 11) is 5.92. The third kappa shape index (κ3) is 63.6. The lowest BCUT2D eigenvalue weighted by molar-refractivity contribution is -0.870. The second kappa shape index (κ2) is 62.3. The Morgan fingerprint density at radius 2 is 0.704 bits per heavy atom. The molecule has 0 fully saturated rings. The Labute approximate surface area is 499 Å². The van der Waals surface area contributed by atoms with Crippen molar-refractivity contribution in [2.75, 3.05) is 47.5 Å². The average Bonchev–Trinajstić information content (AvgIpc) is 3.44. The molecule has 0 aromatic heterocycles. The van der Waals surface area contributed by atoms with Crippen LogP contribution in [-0.4, -0.2) is 82.3 Å². The number of carboxylic acid groups (broad SMARTS) is 1. The summed E-state index contributed by atoms with van der Waals surface area (Å²) in [6, 6.07) is 0. The van der Waals surface area contributed by atoms with E-state index in [0.29, 0.717) is 17.4 Å². The van der Waals surface area contributed by atoms with E-state index in [1.807, 2.05) is 21.1 Å². The molecule has 0 aromatic carbocycles. The number of carboxylic acids is 1. The topological polar surface area (TPSA) is 111 Å². The van der Waals surface area contributed by atoms with Crippen LogP contribution in [0.2, 0.25) is 0 Å². The van der Waals surface area contributed by atoms with E-state index >= 15 is 0 Å². The number of quaternary nitrogens is 1. The molecule has 0 aliphatic rings. The molecule has 2 unspecified atom stereocenters. The molecular formula is C72H125NO8. The van der Waals surface area contributed by atoms with Crippen LogP contribution < -0.4 is 5.11 Å². The van der Waals surface area contributed by atoms with Gasteiger partial charge in [0.05, 0.1) is 40.3 Å². The number of allylic oxidation sites excluding steroid dienone is 16. The highest BCUT2D eigenvalue weighted by atomic mass is 16.7. The number of nitrogens with zero attached hydrogens (tertiary/aromatic N) is 1. The predicted octanol–water partition coefficient (Wildman–Crippen LogP) is 19.1. The summed E-state index contributed by atoms with van der Waals surface area (Å²) in [5, 5.41) is 11.8. The molecule has 0 rings (SSSR count). The first kappa shape index (κ1) is 77.2. The fourth-order valence-electron chi connectivity index (χ4n) is 9.26. The van der Waals surface area contributed by atoms with Crippen molar-refractivity contribution >= 4 is 17.9 Å². The van der Waals surface area contributed by atoms with E-state index in [1.165, 1.54) is 154 Å². The summed E-state index contributed by atoms with van der Waals surface area (Å²) in [6.07, 6.45) is 81.9. The molecule has 0 amide bonds. The Morgan fingerprint density at radius 1 is 0.383 bits per heavy atom. The molecule has 466 valence electrons. The number of hydrogen-bond acceptors (Lipinski definition) is 8. The molecule has 0 aliphatic heterocycles. The van der Waals surface area contributed by atoms with E-state index in [4.69, 9.17) is 18.9 Å². The third-order valence-electron chi connectivity index (χ3n) is 14.3. The fourth-order valence-corrected chi connectivity index (χ4v) is 9.26. The summed E-state index contributed by atoms with van der Waals surface area (Å²) < 4.78 is 22.7. The molecule has 81 heavy (non-hydrogen) atoms. The van der Waals surface area contributed by atoms with Gasteiger partial charge in [0.1, 0.15) is 13.2 Å². The number of unbranched alkanes of at least 4 members (excludes halogenated alkanes) is 30. The summed E-state index contributed by atoms with van der Waals surface area (Å²) >= 11 is 0. The van der Waals surface area contributed by atoms with Crippen LogP contribution in [0.4, 0.5) is 0 Å². The van der Waals surface area contributed by atoms with Crippen molar-refractivity contribution in [3.63, 3.8) is 0 Å². The monoisotopic (exact) mass is 1130 g/mol. The highest BCUT2D eigenvalue weighted by Gasteiger charge is 2.22. The van der Waals surface area contributed by atoms with Crippen LogP contribution in [0.25, 0.3) is 0 Å². The number of hydrogen-bond donors (Lipinski definition) is 0. The van der Waals surface area contributed by atoms with Crippen molar-refractivity contribution in [1.82, 2.24) is 0 Å². The minimum atomic E-state index is -1.63. The molecule has 0 N–H and O–H groups in total. The molecule has 0 saturated carbocycles. The molecule has 0 heterocycles. The SMILES string of the molecule is CC/C=C\C/C=C\C/C=C\C/C=C\C/C=C\C/C=C\C/C=C\C/C=C\CCCCCCC(=O)OC(COC(=O)CCCCCCCCCCCCCCCCCCCCCCCCCCCCC)COC(OCC[N+](C)(C)C)C(=O)[O-]. The van der Waals surface area contributed by atoms with Crippen molar-refractivity contribution < 1.29 is 42.9 Å². The van der Waals surface area contributed by atoms with Gasteiger partial charge in [-0.15, -0.1) is 0 Å². The Hall–Kier alpha value is -3.79. The van der Waals surface area contributed by atoms with Crippen molar-refractivity contribution in [3.05, 3.63) is 97.2 Å². The van der Waals surface area contributed by atoms with Gasteiger partial charge < -0.3 is 33.3 Å². The van der Waals surface area contributed by atoms with Gasteiger partial charge in [0.15, 0.2) is 12.4 Å². The molecule has 0 spiro atoms. The lowest BCUT2D eigenvalue weighted by Crippen LogP contribution is -2.44. The quantitative estimate of drug-likeness (QED) is 0.0195. The van der Waals surface area contributed by atoms with Crippen molar-refractivity contribution in [1.29, 1.82) is 0 Å². The molecular weight excluding hydrogens is 1010 g/mol. The molecule has 9 nitrogen and oxygen atoms in total. The maximum atomic E-state index is 12.9. The number of carbonyl (C=O) groups is 3. The molecule has 0 aliphatic carbocycles. The zero-order valence-electron chi connectivity index (χ0n) is 53.1. The van der Waals surface area contributed by atoms with Gasteiger partial charge in [0.25, 0.3) is 0 Å². The van der Waals surface area contributed by atoms with Crippen LogP contribution >= 0.6 is 0 Å². The van der Waals surface area contributed by atoms with E-state index in [9.17, 15) is 19.5 Å². The van der Waals surface area contributed by atoms with Gasteiger partial charge in [-0.25, -0.2) is 0 Å². The zero-order chi connectivity index (χ0) is 59.1. The van der Waals surface area contributed by atoms with Gasteiger partial charge in [0, 0.05) is 12.8 Å². The van der Waals surface area contributed by atoms with Gasteiger partial charge in [-0.2, -0.15) is 0 Å². The Kier molecular flexibility index (Phi) is 59.3. The van der Waals surface area contributed by atoms with Gasteiger partial charge >= 0.3 is 11.9 Å². The summed E-state index contributed by atoms with van der Waals surface area (Å²) in [4.78, 5) is 37.4. The molecule has 0 bridgehead atoms. The fraction of sp³-hybridized carbons (Fsp3) is 0.736. The van der Waals surface area contributed by atoms with Gasteiger partial charge in [0.2, 0.25) is 0 Å². The molecule has 0 aromatic rings. The predicted molar refractivity (Wildman–Crippen MR) is 343 cm³/mol. The first-order valence-corrected chi connectivity index (χ1v) is 33.4. The number of aliphatic carboxylic acids is 1. The van der Waals surface area contributed by atoms with Crippen LogP contribution in [0.1, 0.15) is 284 Å². The van der Waals surface area contributed by atoms with Gasteiger partial charge in [-0.1, -0.05) is 291 Å². The Morgan fingerprint density at radius 3 is 1.05 bits per heavy atom. The highest BCUT2D eigenvalue weighted by Crippen LogP contribution is 2.17. The number of carbonyl (C=O) groups excluding carboxylic acids is 3. The second-order valence-corrected chi connectivity index (χ2v) is 23.4. The number of rotatable bonds is 61. The largest absolute Gasteiger partial charge is 0.545 e. The second-order valence-electron chi connectivity index (χ2n) is 23.4. The van der Waals surface area contributed by atoms with E-state index in [1.54, 1.807) is 0 Å². The van der Waals surface area contributed by atoms with Crippen molar-refractivity contribution in [2.24, 2.45) is 0 Å². The highest BCUT2D eigenvalue weighted by molar-refractivity contribution is 5.70. The zero-order valence-corrected chi connectivity index (χ0v) is 53.1. The van der Waals surface area contributed by atoms with E-state index in [0.717, 1.165) is 96.3 Å². The number of ether oxygens (including phenoxy) is 4. The lowest BCUT2D eigenvalue weighted by atomic mass is 10.0. The normalized spacial score (nSPS) is 13.3. The van der Waals surface area contributed by atoms with Crippen molar-refractivity contribution in [2.45, 2.75) is 296 Å². The molecule has 0 radical (unpaired) electrons. The Balaban J connectivity index is 4.22. The third-order valence-corrected chi connectivity index (χ3v) is 14.3. The first-order chi connectivity index (χ1) is 39.6. The maximum Gasteiger partial charge on any atom is 0.306 e. The van der Waals surface area contributed by atoms with Crippen LogP contribution in [-0.2, 0) is 33.3 Å². The lowest BCUT2D eigenvalue weighted by Gasteiger charge is -2.26. The average molecular weight is 1130 g/mol. The maximum absolute atomic E-state index is 12.9. The first-order valence-electron chi connectivity index (χ1n) is 33.4. The summed E-state index contributed by atoms with van der Waals surface area (Å²) in [5.74, 6) is -2.31. The smallest absolute Gasteiger partial charge is 0.306 e. The summed E-state index contributed by atoms with van der Waals surface area (Å²) in [5.41, 5.74) is 0. The molecule has 9 heteroatoms. The van der Waals surface area contributed by atoms with E-state index in [2.05, 4.69) is 111 Å². The summed E-state index contributed by atoms with van der Waals surface area (Å²) in [6.45, 7) is 4.63. The number of esters is 2. The van der Waals surface area contributed by atoms with Crippen LogP contribution in [0, 0.1) is 0 Å². The van der Waals surface area contributed by atoms with E-state index < -0.39 is 24.3 Å². The Bertz CT molecular complexity index is 1650. The van der Waals surface area contributed by atoms with Gasteiger partial charge in [-0.3, -0.25) is 9.59 Å². The minimum Gasteiger partial charge on any atom is -0.545 e. The molecule has 2 atom stereocenters. The standard InChI is InChI=1S/C72H125NO8/c1-6-8-10-12-14-16-18-20-22-24-26-28-30-32-34-35-37-39-41-43-45-47-49-51-53-55-57-59-61-63-70(75)81-68(67-80-72(71(76)77)78-65-64-73(3,4)5)66-79-69(74)62-60-58-56-54-52-50-48-46-44-42-40-38-36-33-31-29-27-25-23-21-19-17-15-13-11-9-7-2/h8,10,14,16,20,22,26,28,32,34,37,39,43,45,49,51,68,72H,6-7,9,11-13,15,17-19,21,23-25,27,29-31,33,35-36,38,40-42,44,46-48,50,52-67H2,1-5H3/b10-8-,16-14-,22-20-,28-26-,34-32-,39-37-,45-43-,51-49-.